The molecule has 4 nitrogen and oxygen atoms in total. The summed E-state index contributed by atoms with van der Waals surface area (Å²) in [5.41, 5.74) is 3.90. The molecule has 0 unspecified atom stereocenters. The van der Waals surface area contributed by atoms with Crippen LogP contribution in [0.25, 0.3) is 10.9 Å². The van der Waals surface area contributed by atoms with E-state index in [1.54, 1.807) is 0 Å². The molecule has 0 saturated heterocycles. The first kappa shape index (κ1) is 16.4. The number of nitrogens with one attached hydrogen (secondary N) is 3. The number of aryl methyl sites for hydroxylation is 1. The molecule has 0 aliphatic heterocycles. The number of benzene rings is 1. The third kappa shape index (κ3) is 4.26. The lowest BCUT2D eigenvalue weighted by Crippen LogP contribution is -2.38. The molecule has 0 fully saturated rings. The van der Waals surface area contributed by atoms with Gasteiger partial charge in [-0.1, -0.05) is 32.0 Å². The zero-order valence-electron chi connectivity index (χ0n) is 14.2. The predicted molar refractivity (Wildman–Crippen MR) is 95.6 cm³/mol. The molecule has 0 atom stereocenters. The molecule has 0 amide bonds. The Balaban J connectivity index is 1.96. The first-order valence-corrected chi connectivity index (χ1v) is 8.19. The summed E-state index contributed by atoms with van der Waals surface area (Å²) < 4.78 is 0. The standard InChI is InChI=1S/C18H28N4/c1-5-19-18(22-11-13(2)3)20-10-9-15-12-21-17-14(4)7-6-8-16(15)17/h6-8,12-13,21H,5,9-11H2,1-4H3,(H2,19,20,22). The third-order valence-corrected chi connectivity index (χ3v) is 3.66. The Morgan fingerprint density at radius 3 is 2.82 bits per heavy atom. The van der Waals surface area contributed by atoms with E-state index in [9.17, 15) is 0 Å². The fourth-order valence-corrected chi connectivity index (χ4v) is 2.50. The average Bonchev–Trinajstić information content (AvgIpc) is 2.89. The van der Waals surface area contributed by atoms with Crippen molar-refractivity contribution in [1.82, 2.24) is 15.6 Å². The van der Waals surface area contributed by atoms with Gasteiger partial charge < -0.3 is 15.6 Å². The molecule has 0 spiro atoms. The van der Waals surface area contributed by atoms with Crippen LogP contribution in [0.3, 0.4) is 0 Å². The summed E-state index contributed by atoms with van der Waals surface area (Å²) in [6.07, 6.45) is 3.10. The van der Waals surface area contributed by atoms with Crippen molar-refractivity contribution in [3.8, 4) is 0 Å². The van der Waals surface area contributed by atoms with Crippen molar-refractivity contribution >= 4 is 16.9 Å². The molecule has 1 heterocycles. The molecule has 22 heavy (non-hydrogen) atoms. The van der Waals surface area contributed by atoms with Crippen LogP contribution >= 0.6 is 0 Å². The van der Waals surface area contributed by atoms with Crippen LogP contribution in [0, 0.1) is 12.8 Å². The van der Waals surface area contributed by atoms with Gasteiger partial charge in [0, 0.05) is 36.7 Å². The van der Waals surface area contributed by atoms with E-state index in [4.69, 9.17) is 0 Å². The van der Waals surface area contributed by atoms with E-state index in [0.717, 1.165) is 32.0 Å². The molecule has 2 rings (SSSR count). The minimum absolute atomic E-state index is 0.576. The SMILES string of the molecule is CCNC(=NCC(C)C)NCCc1c[nH]c2c(C)cccc12. The Morgan fingerprint density at radius 1 is 1.27 bits per heavy atom. The van der Waals surface area contributed by atoms with Crippen LogP contribution in [-0.2, 0) is 6.42 Å². The molecule has 1 aromatic heterocycles. The molecule has 0 radical (unpaired) electrons. The van der Waals surface area contributed by atoms with Crippen LogP contribution in [-0.4, -0.2) is 30.6 Å². The van der Waals surface area contributed by atoms with Gasteiger partial charge in [0.15, 0.2) is 5.96 Å². The summed E-state index contributed by atoms with van der Waals surface area (Å²) in [6, 6.07) is 6.45. The van der Waals surface area contributed by atoms with Crippen LogP contribution in [0.1, 0.15) is 31.9 Å². The monoisotopic (exact) mass is 300 g/mol. The zero-order chi connectivity index (χ0) is 15.9. The number of aromatic nitrogens is 1. The molecular weight excluding hydrogens is 272 g/mol. The molecular formula is C18H28N4. The fraction of sp³-hybridized carbons (Fsp3) is 0.500. The summed E-state index contributed by atoms with van der Waals surface area (Å²) in [7, 11) is 0. The van der Waals surface area contributed by atoms with Gasteiger partial charge in [-0.2, -0.15) is 0 Å². The van der Waals surface area contributed by atoms with Gasteiger partial charge in [0.05, 0.1) is 0 Å². The van der Waals surface area contributed by atoms with Crippen molar-refractivity contribution < 1.29 is 0 Å². The Morgan fingerprint density at radius 2 is 2.09 bits per heavy atom. The fourth-order valence-electron chi connectivity index (χ4n) is 2.50. The Bertz CT molecular complexity index is 625. The van der Waals surface area contributed by atoms with Crippen LogP contribution < -0.4 is 10.6 Å². The first-order chi connectivity index (χ1) is 10.6. The number of aliphatic imine (C=N–C) groups is 1. The molecule has 4 heteroatoms. The molecule has 2 aromatic rings. The maximum absolute atomic E-state index is 4.59. The van der Waals surface area contributed by atoms with E-state index in [1.807, 2.05) is 0 Å². The van der Waals surface area contributed by atoms with Gasteiger partial charge in [0.1, 0.15) is 0 Å². The summed E-state index contributed by atoms with van der Waals surface area (Å²) >= 11 is 0. The van der Waals surface area contributed by atoms with Crippen LogP contribution in [0.4, 0.5) is 0 Å². The molecule has 1 aromatic carbocycles. The van der Waals surface area contributed by atoms with Gasteiger partial charge in [-0.3, -0.25) is 4.99 Å². The van der Waals surface area contributed by atoms with Crippen molar-refractivity contribution in [3.63, 3.8) is 0 Å². The van der Waals surface area contributed by atoms with Gasteiger partial charge in [0.25, 0.3) is 0 Å². The van der Waals surface area contributed by atoms with E-state index < -0.39 is 0 Å². The van der Waals surface area contributed by atoms with Gasteiger partial charge in [0.2, 0.25) is 0 Å². The maximum atomic E-state index is 4.59. The second-order valence-electron chi connectivity index (χ2n) is 6.10. The average molecular weight is 300 g/mol. The highest BCUT2D eigenvalue weighted by Crippen LogP contribution is 2.21. The van der Waals surface area contributed by atoms with E-state index >= 15 is 0 Å². The lowest BCUT2D eigenvalue weighted by Gasteiger charge is -2.11. The smallest absolute Gasteiger partial charge is 0.191 e. The minimum atomic E-state index is 0.576. The Hall–Kier alpha value is -1.97. The molecule has 0 aliphatic rings. The molecule has 0 bridgehead atoms. The van der Waals surface area contributed by atoms with Crippen LogP contribution in [0.15, 0.2) is 29.4 Å². The van der Waals surface area contributed by atoms with Crippen molar-refractivity contribution in [1.29, 1.82) is 0 Å². The van der Waals surface area contributed by atoms with Gasteiger partial charge in [-0.05, 0) is 37.3 Å². The number of rotatable bonds is 6. The second kappa shape index (κ2) is 7.87. The van der Waals surface area contributed by atoms with E-state index in [2.05, 4.69) is 72.7 Å². The first-order valence-electron chi connectivity index (χ1n) is 8.19. The lowest BCUT2D eigenvalue weighted by molar-refractivity contribution is 0.656. The number of nitrogens with zero attached hydrogens (tertiary/aromatic N) is 1. The zero-order valence-corrected chi connectivity index (χ0v) is 14.2. The number of guanidine groups is 1. The molecule has 0 saturated carbocycles. The van der Waals surface area contributed by atoms with Gasteiger partial charge in [-0.25, -0.2) is 0 Å². The predicted octanol–water partition coefficient (Wildman–Crippen LogP) is 3.23. The summed E-state index contributed by atoms with van der Waals surface area (Å²) in [5.74, 6) is 1.49. The summed E-state index contributed by atoms with van der Waals surface area (Å²) in [4.78, 5) is 7.98. The Kier molecular flexibility index (Phi) is 5.87. The number of para-hydroxylation sites is 1. The lowest BCUT2D eigenvalue weighted by atomic mass is 10.1. The van der Waals surface area contributed by atoms with E-state index in [-0.39, 0.29) is 0 Å². The quantitative estimate of drug-likeness (QED) is 0.567. The highest BCUT2D eigenvalue weighted by atomic mass is 15.2. The number of fused-ring (bicyclic) bond motifs is 1. The molecule has 120 valence electrons. The number of hydrogen-bond donors (Lipinski definition) is 3. The molecule has 0 aliphatic carbocycles. The number of hydrogen-bond acceptors (Lipinski definition) is 1. The third-order valence-electron chi connectivity index (χ3n) is 3.66. The highest BCUT2D eigenvalue weighted by Gasteiger charge is 2.05. The van der Waals surface area contributed by atoms with Gasteiger partial charge in [-0.15, -0.1) is 0 Å². The van der Waals surface area contributed by atoms with Crippen LogP contribution in [0.5, 0.6) is 0 Å². The number of aromatic amines is 1. The molecule has 3 N–H and O–H groups in total. The van der Waals surface area contributed by atoms with Crippen LogP contribution in [0.2, 0.25) is 0 Å². The number of H-pyrrole nitrogens is 1. The summed E-state index contributed by atoms with van der Waals surface area (Å²) in [5, 5.41) is 8.04. The maximum Gasteiger partial charge on any atom is 0.191 e. The topological polar surface area (TPSA) is 52.2 Å². The highest BCUT2D eigenvalue weighted by molar-refractivity contribution is 5.86. The normalized spacial score (nSPS) is 12.1. The van der Waals surface area contributed by atoms with Crippen molar-refractivity contribution in [2.24, 2.45) is 10.9 Å². The van der Waals surface area contributed by atoms with Crippen molar-refractivity contribution in [2.45, 2.75) is 34.1 Å². The van der Waals surface area contributed by atoms with E-state index in [0.29, 0.717) is 5.92 Å². The minimum Gasteiger partial charge on any atom is -0.361 e. The van der Waals surface area contributed by atoms with Crippen molar-refractivity contribution in [3.05, 3.63) is 35.5 Å². The largest absolute Gasteiger partial charge is 0.361 e. The summed E-state index contributed by atoms with van der Waals surface area (Å²) in [6.45, 7) is 11.2. The second-order valence-corrected chi connectivity index (χ2v) is 6.10. The van der Waals surface area contributed by atoms with Gasteiger partial charge >= 0.3 is 0 Å². The van der Waals surface area contributed by atoms with Crippen molar-refractivity contribution in [2.75, 3.05) is 19.6 Å². The van der Waals surface area contributed by atoms with E-state index in [1.165, 1.54) is 22.0 Å². The Labute approximate surface area is 133 Å².